The van der Waals surface area contributed by atoms with Crippen LogP contribution < -0.4 is 0 Å². The number of carbonyl (C=O) groups excluding carboxylic acids is 1. The smallest absolute Gasteiger partial charge is 0.303 e. The Bertz CT molecular complexity index is 318. The zero-order valence-corrected chi connectivity index (χ0v) is 11.7. The normalized spacial score (nSPS) is 32.4. The van der Waals surface area contributed by atoms with Crippen LogP contribution in [0.2, 0.25) is 0 Å². The number of carboxylic acid groups (broad SMARTS) is 1. The molecule has 4 nitrogen and oxygen atoms in total. The maximum Gasteiger partial charge on any atom is 0.303 e. The topological polar surface area (TPSA) is 63.6 Å². The van der Waals surface area contributed by atoms with Crippen molar-refractivity contribution in [1.82, 2.24) is 0 Å². The fourth-order valence-corrected chi connectivity index (χ4v) is 2.92. The van der Waals surface area contributed by atoms with E-state index in [1.54, 1.807) is 0 Å². The van der Waals surface area contributed by atoms with Crippen LogP contribution in [0, 0.1) is 11.3 Å². The van der Waals surface area contributed by atoms with Gasteiger partial charge in [-0.3, -0.25) is 4.79 Å². The molecule has 4 heteroatoms. The summed E-state index contributed by atoms with van der Waals surface area (Å²) < 4.78 is 6.03. The van der Waals surface area contributed by atoms with Gasteiger partial charge < -0.3 is 14.6 Å². The second-order valence-electron chi connectivity index (χ2n) is 6.47. The van der Waals surface area contributed by atoms with Gasteiger partial charge in [0.15, 0.2) is 0 Å². The highest BCUT2D eigenvalue weighted by molar-refractivity contribution is 5.67. The molecule has 1 N–H and O–H groups in total. The molecule has 1 aliphatic rings. The molecule has 18 heavy (non-hydrogen) atoms. The van der Waals surface area contributed by atoms with E-state index < -0.39 is 5.97 Å². The molecule has 0 bridgehead atoms. The SMILES string of the molecule is CC(C)(C)O[C@H]1CC[C@H](CC(=O)O)[C@]1(C)CC=O. The molecule has 0 saturated heterocycles. The first kappa shape index (κ1) is 15.2. The number of hydrogen-bond donors (Lipinski definition) is 1. The first-order chi connectivity index (χ1) is 8.19. The molecule has 0 aromatic rings. The third-order valence-corrected chi connectivity index (χ3v) is 3.89. The molecule has 1 rings (SSSR count). The second kappa shape index (κ2) is 5.39. The largest absolute Gasteiger partial charge is 0.481 e. The highest BCUT2D eigenvalue weighted by Gasteiger charge is 2.48. The summed E-state index contributed by atoms with van der Waals surface area (Å²) in [6.07, 6.45) is 2.99. The zero-order valence-electron chi connectivity index (χ0n) is 11.7. The highest BCUT2D eigenvalue weighted by Crippen LogP contribution is 2.49. The maximum absolute atomic E-state index is 10.9. The van der Waals surface area contributed by atoms with Gasteiger partial charge in [0.05, 0.1) is 11.7 Å². The monoisotopic (exact) mass is 256 g/mol. The van der Waals surface area contributed by atoms with Gasteiger partial charge in [0.1, 0.15) is 6.29 Å². The van der Waals surface area contributed by atoms with E-state index in [4.69, 9.17) is 9.84 Å². The summed E-state index contributed by atoms with van der Waals surface area (Å²) in [5.41, 5.74) is -0.625. The molecule has 0 unspecified atom stereocenters. The first-order valence-electron chi connectivity index (χ1n) is 6.52. The van der Waals surface area contributed by atoms with Crippen LogP contribution in [0.4, 0.5) is 0 Å². The number of carboxylic acids is 1. The lowest BCUT2D eigenvalue weighted by Crippen LogP contribution is -2.40. The second-order valence-corrected chi connectivity index (χ2v) is 6.47. The Balaban J connectivity index is 2.86. The molecule has 1 fully saturated rings. The Morgan fingerprint density at radius 3 is 2.50 bits per heavy atom. The number of aldehydes is 1. The molecule has 104 valence electrons. The fraction of sp³-hybridized carbons (Fsp3) is 0.857. The van der Waals surface area contributed by atoms with Gasteiger partial charge in [-0.1, -0.05) is 6.92 Å². The average molecular weight is 256 g/mol. The summed E-state index contributed by atoms with van der Waals surface area (Å²) in [6.45, 7) is 7.94. The van der Waals surface area contributed by atoms with Crippen molar-refractivity contribution in [1.29, 1.82) is 0 Å². The van der Waals surface area contributed by atoms with Gasteiger partial charge in [0.2, 0.25) is 0 Å². The summed E-state index contributed by atoms with van der Waals surface area (Å²) in [6, 6.07) is 0. The van der Waals surface area contributed by atoms with E-state index in [-0.39, 0.29) is 29.5 Å². The van der Waals surface area contributed by atoms with E-state index in [1.165, 1.54) is 0 Å². The predicted molar refractivity (Wildman–Crippen MR) is 68.4 cm³/mol. The van der Waals surface area contributed by atoms with Crippen molar-refractivity contribution in [2.24, 2.45) is 11.3 Å². The summed E-state index contributed by atoms with van der Waals surface area (Å²) in [5.74, 6) is -0.777. The minimum Gasteiger partial charge on any atom is -0.481 e. The summed E-state index contributed by atoms with van der Waals surface area (Å²) in [7, 11) is 0. The zero-order chi connectivity index (χ0) is 14.0. The summed E-state index contributed by atoms with van der Waals surface area (Å²) in [4.78, 5) is 21.8. The Morgan fingerprint density at radius 2 is 2.06 bits per heavy atom. The quantitative estimate of drug-likeness (QED) is 0.768. The molecule has 0 radical (unpaired) electrons. The minimum atomic E-state index is -0.798. The van der Waals surface area contributed by atoms with Gasteiger partial charge >= 0.3 is 5.97 Å². The lowest BCUT2D eigenvalue weighted by molar-refractivity contribution is -0.142. The van der Waals surface area contributed by atoms with Crippen LogP contribution in [0.25, 0.3) is 0 Å². The molecule has 0 aliphatic heterocycles. The van der Waals surface area contributed by atoms with Crippen molar-refractivity contribution in [2.45, 2.75) is 65.1 Å². The molecule has 0 spiro atoms. The molecule has 0 aromatic carbocycles. The highest BCUT2D eigenvalue weighted by atomic mass is 16.5. The van der Waals surface area contributed by atoms with E-state index in [0.717, 1.165) is 19.1 Å². The Hall–Kier alpha value is -0.900. The third kappa shape index (κ3) is 3.55. The van der Waals surface area contributed by atoms with Crippen molar-refractivity contribution >= 4 is 12.3 Å². The fourth-order valence-electron chi connectivity index (χ4n) is 2.92. The third-order valence-electron chi connectivity index (χ3n) is 3.89. The van der Waals surface area contributed by atoms with Gasteiger partial charge in [-0.2, -0.15) is 0 Å². The van der Waals surface area contributed by atoms with Gasteiger partial charge in [-0.15, -0.1) is 0 Å². The van der Waals surface area contributed by atoms with Crippen molar-refractivity contribution in [3.8, 4) is 0 Å². The van der Waals surface area contributed by atoms with Crippen molar-refractivity contribution in [3.63, 3.8) is 0 Å². The number of ether oxygens (including phenoxy) is 1. The number of aliphatic carboxylic acids is 1. The first-order valence-corrected chi connectivity index (χ1v) is 6.52. The molecule has 0 heterocycles. The molecule has 0 amide bonds. The van der Waals surface area contributed by atoms with E-state index in [1.807, 2.05) is 27.7 Å². The van der Waals surface area contributed by atoms with Crippen molar-refractivity contribution < 1.29 is 19.4 Å². The van der Waals surface area contributed by atoms with Crippen LogP contribution in [-0.4, -0.2) is 29.1 Å². The van der Waals surface area contributed by atoms with E-state index >= 15 is 0 Å². The van der Waals surface area contributed by atoms with Crippen LogP contribution in [-0.2, 0) is 14.3 Å². The van der Waals surface area contributed by atoms with Gasteiger partial charge in [0.25, 0.3) is 0 Å². The van der Waals surface area contributed by atoms with Crippen LogP contribution in [0.3, 0.4) is 0 Å². The lowest BCUT2D eigenvalue weighted by atomic mass is 9.74. The average Bonchev–Trinajstić information content (AvgIpc) is 2.44. The van der Waals surface area contributed by atoms with E-state index in [0.29, 0.717) is 6.42 Å². The lowest BCUT2D eigenvalue weighted by Gasteiger charge is -2.38. The number of hydrogen-bond acceptors (Lipinski definition) is 3. The van der Waals surface area contributed by atoms with Crippen molar-refractivity contribution in [3.05, 3.63) is 0 Å². The van der Waals surface area contributed by atoms with Gasteiger partial charge in [-0.05, 0) is 39.5 Å². The number of rotatable bonds is 5. The molecular formula is C14H24O4. The van der Waals surface area contributed by atoms with Crippen molar-refractivity contribution in [2.75, 3.05) is 0 Å². The maximum atomic E-state index is 10.9. The van der Waals surface area contributed by atoms with Crippen LogP contribution in [0.15, 0.2) is 0 Å². The molecular weight excluding hydrogens is 232 g/mol. The van der Waals surface area contributed by atoms with Crippen LogP contribution in [0.5, 0.6) is 0 Å². The molecule has 3 atom stereocenters. The number of carbonyl (C=O) groups is 2. The summed E-state index contributed by atoms with van der Waals surface area (Å²) in [5, 5.41) is 8.96. The standard InChI is InChI=1S/C14H24O4/c1-13(2,3)18-11-6-5-10(9-12(16)17)14(11,4)7-8-15/h8,10-11H,5-7,9H2,1-4H3,(H,16,17)/t10-,11+,14+/m1/s1. The minimum absolute atomic E-state index is 0.0209. The van der Waals surface area contributed by atoms with Gasteiger partial charge in [-0.25, -0.2) is 0 Å². The van der Waals surface area contributed by atoms with Crippen LogP contribution >= 0.6 is 0 Å². The molecule has 0 aromatic heterocycles. The Kier molecular flexibility index (Phi) is 4.54. The Morgan fingerprint density at radius 1 is 1.44 bits per heavy atom. The molecule has 1 aliphatic carbocycles. The van der Waals surface area contributed by atoms with Gasteiger partial charge in [0, 0.05) is 18.3 Å². The molecule has 1 saturated carbocycles. The van der Waals surface area contributed by atoms with Crippen LogP contribution in [0.1, 0.15) is 53.4 Å². The summed E-state index contributed by atoms with van der Waals surface area (Å²) >= 11 is 0. The predicted octanol–water partition coefficient (Wildman–Crippen LogP) is 2.65. The van der Waals surface area contributed by atoms with E-state index in [9.17, 15) is 9.59 Å². The van der Waals surface area contributed by atoms with E-state index in [2.05, 4.69) is 0 Å². The Labute approximate surface area is 109 Å².